The van der Waals surface area contributed by atoms with Crippen LogP contribution in [0, 0.1) is 16.0 Å². The van der Waals surface area contributed by atoms with Gasteiger partial charge in [0.1, 0.15) is 0 Å². The molecule has 2 aliphatic rings. The van der Waals surface area contributed by atoms with Gasteiger partial charge in [-0.1, -0.05) is 13.8 Å². The van der Waals surface area contributed by atoms with E-state index < -0.39 is 4.92 Å². The van der Waals surface area contributed by atoms with Crippen molar-refractivity contribution in [2.24, 2.45) is 5.92 Å². The van der Waals surface area contributed by atoms with Gasteiger partial charge in [-0.3, -0.25) is 24.7 Å². The number of carbonyl (C=O) groups is 1. The Morgan fingerprint density at radius 2 is 2.00 bits per heavy atom. The first-order chi connectivity index (χ1) is 10.5. The zero-order valence-corrected chi connectivity index (χ0v) is 12.9. The summed E-state index contributed by atoms with van der Waals surface area (Å²) in [5.41, 5.74) is 0.816. The molecule has 2 atom stereocenters. The maximum absolute atomic E-state index is 12.8. The van der Waals surface area contributed by atoms with Gasteiger partial charge in [0.2, 0.25) is 5.91 Å². The number of benzene rings is 1. The van der Waals surface area contributed by atoms with E-state index in [1.165, 1.54) is 12.1 Å². The van der Waals surface area contributed by atoms with Crippen LogP contribution in [0.3, 0.4) is 0 Å². The van der Waals surface area contributed by atoms with Gasteiger partial charge in [-0.25, -0.2) is 0 Å². The number of nitro benzene ring substituents is 1. The lowest BCUT2D eigenvalue weighted by Crippen LogP contribution is -2.35. The molecule has 0 unspecified atom stereocenters. The first-order valence-corrected chi connectivity index (χ1v) is 7.82. The van der Waals surface area contributed by atoms with Gasteiger partial charge in [-0.15, -0.1) is 0 Å². The first kappa shape index (κ1) is 15.0. The van der Waals surface area contributed by atoms with E-state index in [9.17, 15) is 14.9 Å². The van der Waals surface area contributed by atoms with Crippen molar-refractivity contribution < 1.29 is 9.72 Å². The molecule has 1 amide bonds. The van der Waals surface area contributed by atoms with Crippen LogP contribution in [0.15, 0.2) is 24.3 Å². The molecule has 6 heteroatoms. The molecule has 2 aliphatic heterocycles. The van der Waals surface area contributed by atoms with Crippen molar-refractivity contribution in [1.29, 1.82) is 0 Å². The summed E-state index contributed by atoms with van der Waals surface area (Å²) < 4.78 is 0. The Labute approximate surface area is 129 Å². The predicted octanol–water partition coefficient (Wildman–Crippen LogP) is 2.78. The van der Waals surface area contributed by atoms with Crippen LogP contribution in [0.4, 0.5) is 11.4 Å². The van der Waals surface area contributed by atoms with E-state index in [0.29, 0.717) is 5.92 Å². The number of fused-ring (bicyclic) bond motifs is 1. The van der Waals surface area contributed by atoms with Gasteiger partial charge >= 0.3 is 0 Å². The molecule has 0 spiro atoms. The molecule has 2 heterocycles. The lowest BCUT2D eigenvalue weighted by Gasteiger charge is -2.24. The van der Waals surface area contributed by atoms with Crippen molar-refractivity contribution in [3.05, 3.63) is 34.4 Å². The minimum atomic E-state index is -0.418. The Bertz CT molecular complexity index is 585. The average Bonchev–Trinajstić information content (AvgIpc) is 3.02. The summed E-state index contributed by atoms with van der Waals surface area (Å²) in [6, 6.07) is 6.26. The molecular weight excluding hydrogens is 282 g/mol. The molecule has 2 saturated heterocycles. The fourth-order valence-electron chi connectivity index (χ4n) is 3.58. The highest BCUT2D eigenvalue weighted by Crippen LogP contribution is 2.37. The van der Waals surface area contributed by atoms with E-state index in [2.05, 4.69) is 18.7 Å². The fourth-order valence-corrected chi connectivity index (χ4v) is 3.58. The normalized spacial score (nSPS) is 25.0. The molecule has 1 aromatic rings. The molecule has 0 saturated carbocycles. The zero-order valence-electron chi connectivity index (χ0n) is 12.9. The second-order valence-electron chi connectivity index (χ2n) is 6.49. The quantitative estimate of drug-likeness (QED) is 0.633. The molecule has 0 N–H and O–H groups in total. The van der Waals surface area contributed by atoms with Crippen molar-refractivity contribution in [3.63, 3.8) is 0 Å². The van der Waals surface area contributed by atoms with Crippen molar-refractivity contribution in [3.8, 4) is 0 Å². The average molecular weight is 303 g/mol. The number of nitro groups is 1. The number of anilines is 1. The van der Waals surface area contributed by atoms with Gasteiger partial charge in [0, 0.05) is 24.4 Å². The summed E-state index contributed by atoms with van der Waals surface area (Å²) in [7, 11) is 0. The van der Waals surface area contributed by atoms with Crippen molar-refractivity contribution in [1.82, 2.24) is 4.90 Å². The van der Waals surface area contributed by atoms with E-state index in [0.717, 1.165) is 31.5 Å². The van der Waals surface area contributed by atoms with Gasteiger partial charge < -0.3 is 0 Å². The largest absolute Gasteiger partial charge is 0.295 e. The molecule has 0 aromatic heterocycles. The zero-order chi connectivity index (χ0) is 15.9. The molecule has 0 aliphatic carbocycles. The Hall–Kier alpha value is -1.95. The van der Waals surface area contributed by atoms with E-state index >= 15 is 0 Å². The Kier molecular flexibility index (Phi) is 3.87. The molecule has 6 nitrogen and oxygen atoms in total. The lowest BCUT2D eigenvalue weighted by atomic mass is 10.0. The summed E-state index contributed by atoms with van der Waals surface area (Å²) >= 11 is 0. The third-order valence-electron chi connectivity index (χ3n) is 4.52. The molecule has 2 fully saturated rings. The van der Waals surface area contributed by atoms with Crippen LogP contribution in [-0.2, 0) is 4.79 Å². The number of rotatable bonds is 4. The summed E-state index contributed by atoms with van der Waals surface area (Å²) in [5, 5.41) is 10.8. The highest BCUT2D eigenvalue weighted by Gasteiger charge is 2.48. The van der Waals surface area contributed by atoms with E-state index in [-0.39, 0.29) is 23.8 Å². The standard InChI is InChI=1S/C16H21N3O3/c1-11(2)10-14-16(20)18(15-4-3-9-17(14)15)12-5-7-13(8-6-12)19(21)22/h5-8,11,14-15H,3-4,9-10H2,1-2H3/t14-,15+/m0/s1. The fraction of sp³-hybridized carbons (Fsp3) is 0.562. The number of carbonyl (C=O) groups excluding carboxylic acids is 1. The second kappa shape index (κ2) is 5.68. The maximum atomic E-state index is 12.8. The van der Waals surface area contributed by atoms with Gasteiger partial charge in [0.05, 0.1) is 17.1 Å². The van der Waals surface area contributed by atoms with Gasteiger partial charge in [-0.05, 0) is 37.3 Å². The Balaban J connectivity index is 1.89. The minimum Gasteiger partial charge on any atom is -0.295 e. The maximum Gasteiger partial charge on any atom is 0.269 e. The summed E-state index contributed by atoms with van der Waals surface area (Å²) in [5.74, 6) is 0.597. The lowest BCUT2D eigenvalue weighted by molar-refractivity contribution is -0.384. The van der Waals surface area contributed by atoms with Crippen LogP contribution < -0.4 is 4.90 Å². The third kappa shape index (κ3) is 2.47. The monoisotopic (exact) mass is 303 g/mol. The number of hydrogen-bond acceptors (Lipinski definition) is 4. The smallest absolute Gasteiger partial charge is 0.269 e. The number of non-ortho nitro benzene ring substituents is 1. The van der Waals surface area contributed by atoms with Gasteiger partial charge in [-0.2, -0.15) is 0 Å². The highest BCUT2D eigenvalue weighted by atomic mass is 16.6. The SMILES string of the molecule is CC(C)C[C@H]1C(=O)N(c2ccc([N+](=O)[O-])cc2)[C@@H]2CCCN12. The van der Waals surface area contributed by atoms with E-state index in [4.69, 9.17) is 0 Å². The van der Waals surface area contributed by atoms with Crippen molar-refractivity contribution >= 4 is 17.3 Å². The molecular formula is C16H21N3O3. The molecule has 0 bridgehead atoms. The van der Waals surface area contributed by atoms with Crippen molar-refractivity contribution in [2.75, 3.05) is 11.4 Å². The van der Waals surface area contributed by atoms with E-state index in [1.807, 2.05) is 4.90 Å². The molecule has 22 heavy (non-hydrogen) atoms. The third-order valence-corrected chi connectivity index (χ3v) is 4.52. The number of amides is 1. The minimum absolute atomic E-state index is 0.0531. The van der Waals surface area contributed by atoms with Gasteiger partial charge in [0.15, 0.2) is 0 Å². The van der Waals surface area contributed by atoms with E-state index in [1.54, 1.807) is 12.1 Å². The van der Waals surface area contributed by atoms with Crippen LogP contribution in [0.1, 0.15) is 33.1 Å². The summed E-state index contributed by atoms with van der Waals surface area (Å²) in [4.78, 5) is 27.3. The summed E-state index contributed by atoms with van der Waals surface area (Å²) in [6.45, 7) is 5.22. The summed E-state index contributed by atoms with van der Waals surface area (Å²) in [6.07, 6.45) is 3.03. The Morgan fingerprint density at radius 1 is 1.32 bits per heavy atom. The van der Waals surface area contributed by atoms with Crippen molar-refractivity contribution in [2.45, 2.75) is 45.3 Å². The second-order valence-corrected chi connectivity index (χ2v) is 6.49. The molecule has 3 rings (SSSR count). The molecule has 118 valence electrons. The first-order valence-electron chi connectivity index (χ1n) is 7.82. The van der Waals surface area contributed by atoms with Crippen LogP contribution in [-0.4, -0.2) is 34.5 Å². The number of nitrogens with zero attached hydrogens (tertiary/aromatic N) is 3. The Morgan fingerprint density at radius 3 is 2.59 bits per heavy atom. The highest BCUT2D eigenvalue weighted by molar-refractivity contribution is 6.00. The van der Waals surface area contributed by atoms with Gasteiger partial charge in [0.25, 0.3) is 5.69 Å². The molecule has 0 radical (unpaired) electrons. The van der Waals surface area contributed by atoms with Crippen LogP contribution in [0.2, 0.25) is 0 Å². The van der Waals surface area contributed by atoms with Crippen LogP contribution >= 0.6 is 0 Å². The topological polar surface area (TPSA) is 66.7 Å². The van der Waals surface area contributed by atoms with Crippen LogP contribution in [0.25, 0.3) is 0 Å². The predicted molar refractivity (Wildman–Crippen MR) is 83.6 cm³/mol. The number of hydrogen-bond donors (Lipinski definition) is 0. The van der Waals surface area contributed by atoms with Crippen LogP contribution in [0.5, 0.6) is 0 Å². The molecule has 1 aromatic carbocycles.